The lowest BCUT2D eigenvalue weighted by Crippen LogP contribution is -2.51. The van der Waals surface area contributed by atoms with E-state index in [0.29, 0.717) is 23.6 Å². The third-order valence-electron chi connectivity index (χ3n) is 3.99. The first-order valence-electron chi connectivity index (χ1n) is 8.48. The molecule has 144 valence electrons. The molecule has 1 aliphatic rings. The van der Waals surface area contributed by atoms with Gasteiger partial charge in [0.15, 0.2) is 9.84 Å². The maximum Gasteiger partial charge on any atom is 0.315 e. The largest absolute Gasteiger partial charge is 0.334 e. The number of nitrogens with one attached hydrogen (secondary N) is 3. The number of hydrogen-bond donors (Lipinski definition) is 3. The van der Waals surface area contributed by atoms with Gasteiger partial charge in [-0.25, -0.2) is 13.2 Å². The quantitative estimate of drug-likeness (QED) is 0.679. The minimum absolute atomic E-state index is 0.0655. The van der Waals surface area contributed by atoms with Crippen LogP contribution in [0, 0.1) is 5.92 Å². The molecule has 0 aliphatic carbocycles. The number of urea groups is 1. The van der Waals surface area contributed by atoms with Crippen LogP contribution in [-0.2, 0) is 14.6 Å². The number of hydrogen-bond acceptors (Lipinski definition) is 4. The molecule has 0 saturated carbocycles. The van der Waals surface area contributed by atoms with Crippen LogP contribution in [0.15, 0.2) is 24.3 Å². The average molecular weight is 402 g/mol. The van der Waals surface area contributed by atoms with Crippen LogP contribution < -0.4 is 16.0 Å². The Labute approximate surface area is 158 Å². The Kier molecular flexibility index (Phi) is 6.88. The van der Waals surface area contributed by atoms with E-state index < -0.39 is 28.0 Å². The molecule has 1 fully saturated rings. The highest BCUT2D eigenvalue weighted by molar-refractivity contribution is 7.91. The Bertz CT molecular complexity index is 767. The standard InChI is InChI=1S/C17H24ClN3O4S/c1-11(2)8-15(16(22)19-13-5-3-4-12(18)9-13)21-17(23)20-14-6-7-26(24,25)10-14/h3-5,9,11,14-15H,6-8,10H2,1-2H3,(H,19,22)(H2,20,21,23). The second kappa shape index (κ2) is 8.73. The number of benzene rings is 1. The molecule has 3 N–H and O–H groups in total. The van der Waals surface area contributed by atoms with Gasteiger partial charge in [-0.2, -0.15) is 0 Å². The molecule has 0 radical (unpaired) electrons. The van der Waals surface area contributed by atoms with Crippen molar-refractivity contribution in [3.8, 4) is 0 Å². The summed E-state index contributed by atoms with van der Waals surface area (Å²) >= 11 is 5.91. The number of amides is 3. The number of carbonyl (C=O) groups excluding carboxylic acids is 2. The van der Waals surface area contributed by atoms with Crippen LogP contribution in [0.2, 0.25) is 5.02 Å². The van der Waals surface area contributed by atoms with E-state index in [1.165, 1.54) is 0 Å². The van der Waals surface area contributed by atoms with Gasteiger partial charge in [-0.05, 0) is 37.0 Å². The van der Waals surface area contributed by atoms with Gasteiger partial charge in [0.2, 0.25) is 5.91 Å². The number of halogens is 1. The van der Waals surface area contributed by atoms with E-state index in [1.807, 2.05) is 13.8 Å². The van der Waals surface area contributed by atoms with Crippen molar-refractivity contribution < 1.29 is 18.0 Å². The van der Waals surface area contributed by atoms with Crippen LogP contribution in [0.25, 0.3) is 0 Å². The van der Waals surface area contributed by atoms with Gasteiger partial charge in [0, 0.05) is 16.8 Å². The zero-order valence-corrected chi connectivity index (χ0v) is 16.4. The minimum atomic E-state index is -3.08. The molecule has 7 nitrogen and oxygen atoms in total. The monoisotopic (exact) mass is 401 g/mol. The number of carbonyl (C=O) groups is 2. The Hall–Kier alpha value is -1.80. The molecule has 1 aromatic carbocycles. The molecule has 3 amide bonds. The Balaban J connectivity index is 1.97. The van der Waals surface area contributed by atoms with Crippen LogP contribution in [0.3, 0.4) is 0 Å². The van der Waals surface area contributed by atoms with Crippen LogP contribution >= 0.6 is 11.6 Å². The molecule has 0 aromatic heterocycles. The van der Waals surface area contributed by atoms with Gasteiger partial charge < -0.3 is 16.0 Å². The maximum atomic E-state index is 12.5. The summed E-state index contributed by atoms with van der Waals surface area (Å²) < 4.78 is 23.0. The molecule has 1 aromatic rings. The highest BCUT2D eigenvalue weighted by atomic mass is 35.5. The van der Waals surface area contributed by atoms with Crippen molar-refractivity contribution in [3.05, 3.63) is 29.3 Å². The SMILES string of the molecule is CC(C)CC(NC(=O)NC1CCS(=O)(=O)C1)C(=O)Nc1cccc(Cl)c1. The van der Waals surface area contributed by atoms with E-state index in [1.54, 1.807) is 24.3 Å². The second-order valence-corrected chi connectivity index (χ2v) is 9.56. The van der Waals surface area contributed by atoms with E-state index in [-0.39, 0.29) is 23.3 Å². The van der Waals surface area contributed by atoms with Gasteiger partial charge in [-0.1, -0.05) is 31.5 Å². The van der Waals surface area contributed by atoms with Gasteiger partial charge in [0.1, 0.15) is 6.04 Å². The van der Waals surface area contributed by atoms with Crippen molar-refractivity contribution >= 4 is 39.1 Å². The highest BCUT2D eigenvalue weighted by Gasteiger charge is 2.30. The summed E-state index contributed by atoms with van der Waals surface area (Å²) in [5, 5.41) is 8.52. The van der Waals surface area contributed by atoms with Gasteiger partial charge in [0.25, 0.3) is 0 Å². The van der Waals surface area contributed by atoms with E-state index in [0.717, 1.165) is 0 Å². The van der Waals surface area contributed by atoms with Crippen molar-refractivity contribution in [1.29, 1.82) is 0 Å². The number of sulfone groups is 1. The first-order valence-corrected chi connectivity index (χ1v) is 10.7. The van der Waals surface area contributed by atoms with Crippen LogP contribution in [0.5, 0.6) is 0 Å². The number of rotatable bonds is 6. The van der Waals surface area contributed by atoms with Crippen molar-refractivity contribution in [2.75, 3.05) is 16.8 Å². The highest BCUT2D eigenvalue weighted by Crippen LogP contribution is 2.16. The normalized spacial score (nSPS) is 19.8. The summed E-state index contributed by atoms with van der Waals surface area (Å²) in [4.78, 5) is 24.7. The molecule has 0 bridgehead atoms. The molecule has 26 heavy (non-hydrogen) atoms. The Morgan fingerprint density at radius 2 is 2.04 bits per heavy atom. The molecule has 1 saturated heterocycles. The Morgan fingerprint density at radius 1 is 1.31 bits per heavy atom. The third-order valence-corrected chi connectivity index (χ3v) is 5.99. The van der Waals surface area contributed by atoms with Gasteiger partial charge in [-0.3, -0.25) is 4.79 Å². The Morgan fingerprint density at radius 3 is 2.62 bits per heavy atom. The second-order valence-electron chi connectivity index (χ2n) is 6.90. The third kappa shape index (κ3) is 6.49. The summed E-state index contributed by atoms with van der Waals surface area (Å²) in [6.45, 7) is 3.89. The summed E-state index contributed by atoms with van der Waals surface area (Å²) in [6.07, 6.45) is 0.835. The lowest BCUT2D eigenvalue weighted by Gasteiger charge is -2.21. The zero-order chi connectivity index (χ0) is 19.3. The first kappa shape index (κ1) is 20.5. The summed E-state index contributed by atoms with van der Waals surface area (Å²) in [7, 11) is -3.08. The topological polar surface area (TPSA) is 104 Å². The maximum absolute atomic E-state index is 12.5. The average Bonchev–Trinajstić information content (AvgIpc) is 2.84. The lowest BCUT2D eigenvalue weighted by molar-refractivity contribution is -0.118. The molecule has 1 aliphatic heterocycles. The van der Waals surface area contributed by atoms with Gasteiger partial charge >= 0.3 is 6.03 Å². The zero-order valence-electron chi connectivity index (χ0n) is 14.8. The lowest BCUT2D eigenvalue weighted by atomic mass is 10.0. The van der Waals surface area contributed by atoms with Gasteiger partial charge in [0.05, 0.1) is 11.5 Å². The molecule has 2 unspecified atom stereocenters. The van der Waals surface area contributed by atoms with Gasteiger partial charge in [-0.15, -0.1) is 0 Å². The van der Waals surface area contributed by atoms with E-state index in [4.69, 9.17) is 11.6 Å². The molecule has 9 heteroatoms. The van der Waals surface area contributed by atoms with Crippen molar-refractivity contribution in [2.24, 2.45) is 5.92 Å². The molecular formula is C17H24ClN3O4S. The molecule has 1 heterocycles. The summed E-state index contributed by atoms with van der Waals surface area (Å²) in [6, 6.07) is 5.04. The van der Waals surface area contributed by atoms with Crippen LogP contribution in [0.1, 0.15) is 26.7 Å². The summed E-state index contributed by atoms with van der Waals surface area (Å²) in [5.74, 6) is -0.167. The van der Waals surface area contributed by atoms with E-state index in [9.17, 15) is 18.0 Å². The molecule has 2 atom stereocenters. The predicted octanol–water partition coefficient (Wildman–Crippen LogP) is 2.18. The fourth-order valence-electron chi connectivity index (χ4n) is 2.79. The fourth-order valence-corrected chi connectivity index (χ4v) is 4.66. The molecular weight excluding hydrogens is 378 g/mol. The van der Waals surface area contributed by atoms with Crippen molar-refractivity contribution in [2.45, 2.75) is 38.8 Å². The van der Waals surface area contributed by atoms with Crippen LogP contribution in [-0.4, -0.2) is 43.9 Å². The van der Waals surface area contributed by atoms with E-state index >= 15 is 0 Å². The fraction of sp³-hybridized carbons (Fsp3) is 0.529. The van der Waals surface area contributed by atoms with Crippen LogP contribution in [0.4, 0.5) is 10.5 Å². The molecule has 2 rings (SSSR count). The predicted molar refractivity (Wildman–Crippen MR) is 102 cm³/mol. The number of anilines is 1. The summed E-state index contributed by atoms with van der Waals surface area (Å²) in [5.41, 5.74) is 0.542. The van der Waals surface area contributed by atoms with Crippen molar-refractivity contribution in [3.63, 3.8) is 0 Å². The van der Waals surface area contributed by atoms with Crippen molar-refractivity contribution in [1.82, 2.24) is 10.6 Å². The minimum Gasteiger partial charge on any atom is -0.334 e. The van der Waals surface area contributed by atoms with E-state index in [2.05, 4.69) is 16.0 Å². The smallest absolute Gasteiger partial charge is 0.315 e. The molecule has 0 spiro atoms. The first-order chi connectivity index (χ1) is 12.1.